The number of ether oxygens (including phenoxy) is 1. The Morgan fingerprint density at radius 1 is 1.29 bits per heavy atom. The van der Waals surface area contributed by atoms with Crippen LogP contribution in [0, 0.1) is 5.92 Å². The van der Waals surface area contributed by atoms with E-state index < -0.39 is 5.97 Å². The number of aromatic nitrogens is 2. The number of carboxylic acids is 1. The first-order valence-electron chi connectivity index (χ1n) is 9.16. The normalized spacial score (nSPS) is 20.1. The van der Waals surface area contributed by atoms with E-state index in [0.29, 0.717) is 24.6 Å². The van der Waals surface area contributed by atoms with E-state index in [9.17, 15) is 4.79 Å². The van der Waals surface area contributed by atoms with Crippen molar-refractivity contribution < 1.29 is 14.6 Å². The van der Waals surface area contributed by atoms with Gasteiger partial charge in [0.25, 0.3) is 0 Å². The first-order valence-corrected chi connectivity index (χ1v) is 9.16. The van der Waals surface area contributed by atoms with Crippen molar-refractivity contribution in [3.63, 3.8) is 0 Å². The molecule has 0 spiro atoms. The highest BCUT2D eigenvalue weighted by Gasteiger charge is 2.45. The first-order chi connectivity index (χ1) is 13.5. The molecular formula is C23H26N2O3. The molecular weight excluding hydrogens is 352 g/mol. The van der Waals surface area contributed by atoms with E-state index in [-0.39, 0.29) is 11.8 Å². The minimum atomic E-state index is -0.780. The molecule has 2 atom stereocenters. The molecule has 0 amide bonds. The van der Waals surface area contributed by atoms with Crippen molar-refractivity contribution >= 4 is 5.97 Å². The average molecular weight is 378 g/mol. The van der Waals surface area contributed by atoms with Crippen LogP contribution in [-0.2, 0) is 4.79 Å². The third-order valence-electron chi connectivity index (χ3n) is 4.41. The Bertz CT molecular complexity index is 845. The molecule has 146 valence electrons. The minimum Gasteiger partial charge on any atom is -0.481 e. The molecule has 1 aromatic rings. The molecule has 0 aromatic carbocycles. The van der Waals surface area contributed by atoms with E-state index in [1.807, 2.05) is 44.2 Å². The van der Waals surface area contributed by atoms with Gasteiger partial charge in [0.15, 0.2) is 0 Å². The van der Waals surface area contributed by atoms with Gasteiger partial charge in [-0.25, -0.2) is 4.98 Å². The summed E-state index contributed by atoms with van der Waals surface area (Å²) in [5.41, 5.74) is 3.65. The highest BCUT2D eigenvalue weighted by atomic mass is 16.5. The number of allylic oxidation sites excluding steroid dienone is 8. The lowest BCUT2D eigenvalue weighted by Crippen LogP contribution is -2.04. The van der Waals surface area contributed by atoms with Crippen molar-refractivity contribution in [1.82, 2.24) is 9.97 Å². The molecule has 1 N–H and O–H groups in total. The predicted molar refractivity (Wildman–Crippen MR) is 111 cm³/mol. The van der Waals surface area contributed by atoms with E-state index >= 15 is 0 Å². The summed E-state index contributed by atoms with van der Waals surface area (Å²) >= 11 is 0. The standard InChI is InChI=1S/C23H26N2O3/c1-5-9-16(11-18(8-4)17(7-3)10-6-2)15-28-22-14-24-21(13-25-22)19-12-20(19)23(26)27/h5-11,13-14,19-20H,2-3,12,15H2,1,4H3,(H,26,27)/b9-5-,16-11+,17-10+,18-8+. The van der Waals surface area contributed by atoms with Crippen LogP contribution < -0.4 is 4.74 Å². The molecule has 2 unspecified atom stereocenters. The van der Waals surface area contributed by atoms with Crippen LogP contribution in [0.1, 0.15) is 31.9 Å². The third-order valence-corrected chi connectivity index (χ3v) is 4.41. The average Bonchev–Trinajstić information content (AvgIpc) is 3.50. The fourth-order valence-electron chi connectivity index (χ4n) is 2.84. The van der Waals surface area contributed by atoms with Crippen molar-refractivity contribution in [3.05, 3.63) is 90.5 Å². The molecule has 2 rings (SSSR count). The van der Waals surface area contributed by atoms with Crippen LogP contribution >= 0.6 is 0 Å². The van der Waals surface area contributed by atoms with E-state index in [4.69, 9.17) is 9.84 Å². The summed E-state index contributed by atoms with van der Waals surface area (Å²) in [6.45, 7) is 11.8. The fraction of sp³-hybridized carbons (Fsp3) is 0.261. The summed E-state index contributed by atoms with van der Waals surface area (Å²) in [6, 6.07) is 0. The van der Waals surface area contributed by atoms with Gasteiger partial charge < -0.3 is 9.84 Å². The predicted octanol–water partition coefficient (Wildman–Crippen LogP) is 4.79. The second-order valence-corrected chi connectivity index (χ2v) is 6.38. The minimum absolute atomic E-state index is 0.0382. The lowest BCUT2D eigenvalue weighted by Gasteiger charge is -2.09. The summed E-state index contributed by atoms with van der Waals surface area (Å²) in [6.07, 6.45) is 17.1. The van der Waals surface area contributed by atoms with Crippen molar-refractivity contribution in [2.24, 2.45) is 5.92 Å². The van der Waals surface area contributed by atoms with E-state index in [2.05, 4.69) is 23.1 Å². The Morgan fingerprint density at radius 3 is 2.57 bits per heavy atom. The Labute approximate surface area is 166 Å². The van der Waals surface area contributed by atoms with Gasteiger partial charge in [0.1, 0.15) is 6.61 Å². The van der Waals surface area contributed by atoms with Gasteiger partial charge in [-0.2, -0.15) is 0 Å². The molecule has 28 heavy (non-hydrogen) atoms. The third kappa shape index (κ3) is 5.64. The van der Waals surface area contributed by atoms with Crippen LogP contribution in [-0.4, -0.2) is 27.7 Å². The molecule has 1 saturated carbocycles. The van der Waals surface area contributed by atoms with Gasteiger partial charge in [0.05, 0.1) is 24.0 Å². The van der Waals surface area contributed by atoms with Gasteiger partial charge in [-0.1, -0.05) is 49.6 Å². The SMILES string of the molecule is C=C/C=C(C=C)/C(/C=C(\C=C/C)COc1cnc(C2CC2C(=O)O)cn1)=C/C. The van der Waals surface area contributed by atoms with Crippen LogP contribution in [0.2, 0.25) is 0 Å². The number of carbonyl (C=O) groups is 1. The molecule has 1 aromatic heterocycles. The van der Waals surface area contributed by atoms with Crippen LogP contribution in [0.3, 0.4) is 0 Å². The molecule has 5 nitrogen and oxygen atoms in total. The van der Waals surface area contributed by atoms with Gasteiger partial charge in [-0.15, -0.1) is 0 Å². The van der Waals surface area contributed by atoms with Gasteiger partial charge in [-0.05, 0) is 43.1 Å². The molecule has 0 radical (unpaired) electrons. The molecule has 0 saturated heterocycles. The zero-order valence-corrected chi connectivity index (χ0v) is 16.3. The summed E-state index contributed by atoms with van der Waals surface area (Å²) < 4.78 is 5.77. The van der Waals surface area contributed by atoms with Crippen LogP contribution in [0.15, 0.2) is 84.8 Å². The Kier molecular flexibility index (Phi) is 7.69. The Balaban J connectivity index is 2.07. The number of aliphatic carboxylic acids is 1. The summed E-state index contributed by atoms with van der Waals surface area (Å²) in [4.78, 5) is 19.5. The van der Waals surface area contributed by atoms with Crippen LogP contribution in [0.5, 0.6) is 5.88 Å². The smallest absolute Gasteiger partial charge is 0.307 e. The number of carboxylic acid groups (broad SMARTS) is 1. The fourth-order valence-corrected chi connectivity index (χ4v) is 2.84. The van der Waals surface area contributed by atoms with Crippen LogP contribution in [0.4, 0.5) is 0 Å². The lowest BCUT2D eigenvalue weighted by molar-refractivity contribution is -0.138. The van der Waals surface area contributed by atoms with E-state index in [1.165, 1.54) is 0 Å². The highest BCUT2D eigenvalue weighted by Crippen LogP contribution is 2.46. The molecule has 1 aliphatic rings. The molecule has 1 heterocycles. The van der Waals surface area contributed by atoms with Crippen molar-refractivity contribution in [2.45, 2.75) is 26.2 Å². The second kappa shape index (κ2) is 10.2. The molecule has 0 bridgehead atoms. The van der Waals surface area contributed by atoms with Gasteiger partial charge in [0.2, 0.25) is 5.88 Å². The van der Waals surface area contributed by atoms with Gasteiger partial charge in [0, 0.05) is 5.92 Å². The topological polar surface area (TPSA) is 72.3 Å². The maximum Gasteiger partial charge on any atom is 0.307 e. The summed E-state index contributed by atoms with van der Waals surface area (Å²) in [7, 11) is 0. The van der Waals surface area contributed by atoms with E-state index in [1.54, 1.807) is 24.5 Å². The quantitative estimate of drug-likeness (QED) is 0.593. The van der Waals surface area contributed by atoms with Crippen LogP contribution in [0.25, 0.3) is 0 Å². The van der Waals surface area contributed by atoms with Gasteiger partial charge >= 0.3 is 5.97 Å². The monoisotopic (exact) mass is 378 g/mol. The second-order valence-electron chi connectivity index (χ2n) is 6.38. The molecule has 1 aliphatic carbocycles. The maximum atomic E-state index is 11.0. The number of rotatable bonds is 10. The van der Waals surface area contributed by atoms with Crippen molar-refractivity contribution in [2.75, 3.05) is 6.61 Å². The first kappa shape index (κ1) is 21.1. The number of hydrogen-bond acceptors (Lipinski definition) is 4. The lowest BCUT2D eigenvalue weighted by atomic mass is 10.0. The molecule has 5 heteroatoms. The maximum absolute atomic E-state index is 11.0. The van der Waals surface area contributed by atoms with E-state index in [0.717, 1.165) is 16.7 Å². The number of nitrogens with zero attached hydrogens (tertiary/aromatic N) is 2. The Morgan fingerprint density at radius 2 is 2.07 bits per heavy atom. The highest BCUT2D eigenvalue weighted by molar-refractivity contribution is 5.75. The molecule has 1 fully saturated rings. The largest absolute Gasteiger partial charge is 0.481 e. The van der Waals surface area contributed by atoms with Gasteiger partial charge in [-0.3, -0.25) is 9.78 Å². The zero-order valence-electron chi connectivity index (χ0n) is 16.3. The molecule has 0 aliphatic heterocycles. The number of hydrogen-bond donors (Lipinski definition) is 1. The Hall–Kier alpha value is -3.21. The van der Waals surface area contributed by atoms with Crippen molar-refractivity contribution in [1.29, 1.82) is 0 Å². The van der Waals surface area contributed by atoms with Crippen molar-refractivity contribution in [3.8, 4) is 5.88 Å². The summed E-state index contributed by atoms with van der Waals surface area (Å²) in [5.74, 6) is -0.757. The summed E-state index contributed by atoms with van der Waals surface area (Å²) in [5, 5.41) is 9.01. The zero-order chi connectivity index (χ0) is 20.5.